The molecule has 2 rings (SSSR count). The topological polar surface area (TPSA) is 71.1 Å². The van der Waals surface area contributed by atoms with E-state index in [2.05, 4.69) is 5.32 Å². The number of rotatable bonds is 6. The van der Waals surface area contributed by atoms with Gasteiger partial charge in [-0.1, -0.05) is 6.07 Å². The number of hydrogen-bond donors (Lipinski definition) is 1. The van der Waals surface area contributed by atoms with Crippen molar-refractivity contribution >= 4 is 11.8 Å². The average molecular weight is 335 g/mol. The summed E-state index contributed by atoms with van der Waals surface area (Å²) in [5, 5.41) is 2.84. The molecule has 1 heterocycles. The molecular weight excluding hydrogens is 310 g/mol. The van der Waals surface area contributed by atoms with E-state index in [1.807, 2.05) is 23.1 Å². The van der Waals surface area contributed by atoms with E-state index < -0.39 is 6.04 Å². The highest BCUT2D eigenvalue weighted by molar-refractivity contribution is 5.88. The lowest BCUT2D eigenvalue weighted by atomic mass is 10.1. The normalized spacial score (nSPS) is 18.0. The molecule has 1 aromatic carbocycles. The monoisotopic (exact) mass is 335 g/mol. The van der Waals surface area contributed by atoms with Crippen LogP contribution in [0.2, 0.25) is 0 Å². The summed E-state index contributed by atoms with van der Waals surface area (Å²) in [5.74, 6) is 1.15. The van der Waals surface area contributed by atoms with Gasteiger partial charge in [-0.15, -0.1) is 0 Å². The zero-order valence-electron chi connectivity index (χ0n) is 14.7. The maximum Gasteiger partial charge on any atom is 0.237 e. The van der Waals surface area contributed by atoms with Gasteiger partial charge < -0.3 is 19.7 Å². The number of piperazine rings is 1. The standard InChI is InChI=1S/C17H25N3O4/c1-19(2)16(21)10-13-17(22)18-7-8-20(13)11-12-5-6-14(23-3)15(9-12)24-4/h5-6,9,13H,7-8,10-11H2,1-4H3,(H,18,22)/t13-/m0/s1. The number of nitrogens with one attached hydrogen (secondary N) is 1. The van der Waals surface area contributed by atoms with Crippen LogP contribution in [0, 0.1) is 0 Å². The summed E-state index contributed by atoms with van der Waals surface area (Å²) in [4.78, 5) is 27.8. The van der Waals surface area contributed by atoms with Crippen LogP contribution in [0.3, 0.4) is 0 Å². The van der Waals surface area contributed by atoms with Crippen molar-refractivity contribution in [2.75, 3.05) is 41.4 Å². The Hall–Kier alpha value is -2.28. The van der Waals surface area contributed by atoms with Gasteiger partial charge in [0.2, 0.25) is 11.8 Å². The summed E-state index contributed by atoms with van der Waals surface area (Å²) in [6.45, 7) is 1.85. The van der Waals surface area contributed by atoms with Crippen molar-refractivity contribution in [2.45, 2.75) is 19.0 Å². The van der Waals surface area contributed by atoms with Gasteiger partial charge in [0.1, 0.15) is 0 Å². The van der Waals surface area contributed by atoms with Gasteiger partial charge in [-0.3, -0.25) is 14.5 Å². The molecule has 7 nitrogen and oxygen atoms in total. The van der Waals surface area contributed by atoms with Crippen LogP contribution in [-0.2, 0) is 16.1 Å². The molecule has 7 heteroatoms. The summed E-state index contributed by atoms with van der Waals surface area (Å²) < 4.78 is 10.6. The Morgan fingerprint density at radius 1 is 1.29 bits per heavy atom. The van der Waals surface area contributed by atoms with Crippen molar-refractivity contribution in [3.05, 3.63) is 23.8 Å². The SMILES string of the molecule is COc1ccc(CN2CCNC(=O)[C@@H]2CC(=O)N(C)C)cc1OC. The fourth-order valence-electron chi connectivity index (χ4n) is 2.73. The van der Waals surface area contributed by atoms with Gasteiger partial charge in [-0.25, -0.2) is 0 Å². The van der Waals surface area contributed by atoms with Gasteiger partial charge in [0.25, 0.3) is 0 Å². The zero-order valence-corrected chi connectivity index (χ0v) is 14.7. The van der Waals surface area contributed by atoms with Crippen molar-refractivity contribution in [3.8, 4) is 11.5 Å². The molecule has 0 saturated carbocycles. The minimum Gasteiger partial charge on any atom is -0.493 e. The Bertz CT molecular complexity index is 603. The molecule has 0 aliphatic carbocycles. The summed E-state index contributed by atoms with van der Waals surface area (Å²) in [6.07, 6.45) is 0.173. The third-order valence-electron chi connectivity index (χ3n) is 4.14. The zero-order chi connectivity index (χ0) is 17.7. The number of amides is 2. The van der Waals surface area contributed by atoms with E-state index in [-0.39, 0.29) is 18.2 Å². The molecule has 132 valence electrons. The van der Waals surface area contributed by atoms with Crippen molar-refractivity contribution in [1.82, 2.24) is 15.1 Å². The van der Waals surface area contributed by atoms with Crippen molar-refractivity contribution in [2.24, 2.45) is 0 Å². The van der Waals surface area contributed by atoms with Crippen molar-refractivity contribution in [3.63, 3.8) is 0 Å². The van der Waals surface area contributed by atoms with E-state index in [1.54, 1.807) is 28.3 Å². The quantitative estimate of drug-likeness (QED) is 0.819. The average Bonchev–Trinajstić information content (AvgIpc) is 2.57. The Morgan fingerprint density at radius 2 is 2.00 bits per heavy atom. The molecular formula is C17H25N3O4. The van der Waals surface area contributed by atoms with E-state index >= 15 is 0 Å². The summed E-state index contributed by atoms with van der Waals surface area (Å²) in [5.41, 5.74) is 1.00. The van der Waals surface area contributed by atoms with Crippen LogP contribution in [0.1, 0.15) is 12.0 Å². The predicted molar refractivity (Wildman–Crippen MR) is 90.1 cm³/mol. The Kier molecular flexibility index (Phi) is 6.03. The maximum atomic E-state index is 12.2. The molecule has 0 spiro atoms. The highest BCUT2D eigenvalue weighted by atomic mass is 16.5. The molecule has 24 heavy (non-hydrogen) atoms. The van der Waals surface area contributed by atoms with Crippen LogP contribution in [0.5, 0.6) is 11.5 Å². The number of carbonyl (C=O) groups is 2. The third-order valence-corrected chi connectivity index (χ3v) is 4.14. The van der Waals surface area contributed by atoms with E-state index in [0.29, 0.717) is 31.1 Å². The molecule has 1 fully saturated rings. The first-order valence-corrected chi connectivity index (χ1v) is 7.89. The smallest absolute Gasteiger partial charge is 0.237 e. The first-order chi connectivity index (χ1) is 11.5. The second-order valence-corrected chi connectivity index (χ2v) is 5.96. The van der Waals surface area contributed by atoms with Crippen LogP contribution in [0.15, 0.2) is 18.2 Å². The van der Waals surface area contributed by atoms with E-state index in [1.165, 1.54) is 4.90 Å². The second kappa shape index (κ2) is 8.01. The molecule has 2 amide bonds. The molecule has 1 aliphatic heterocycles. The van der Waals surface area contributed by atoms with Crippen LogP contribution < -0.4 is 14.8 Å². The number of methoxy groups -OCH3 is 2. The maximum absolute atomic E-state index is 12.2. The van der Waals surface area contributed by atoms with Crippen molar-refractivity contribution < 1.29 is 19.1 Å². The number of hydrogen-bond acceptors (Lipinski definition) is 5. The van der Waals surface area contributed by atoms with Gasteiger partial charge in [-0.2, -0.15) is 0 Å². The highest BCUT2D eigenvalue weighted by Gasteiger charge is 2.32. The van der Waals surface area contributed by atoms with Gasteiger partial charge >= 0.3 is 0 Å². The van der Waals surface area contributed by atoms with E-state index in [4.69, 9.17) is 9.47 Å². The summed E-state index contributed by atoms with van der Waals surface area (Å²) >= 11 is 0. The van der Waals surface area contributed by atoms with Crippen LogP contribution in [-0.4, -0.2) is 69.1 Å². The summed E-state index contributed by atoms with van der Waals surface area (Å²) in [7, 11) is 6.58. The van der Waals surface area contributed by atoms with Crippen LogP contribution in [0.25, 0.3) is 0 Å². The number of ether oxygens (including phenoxy) is 2. The minimum absolute atomic E-state index is 0.0608. The van der Waals surface area contributed by atoms with Gasteiger partial charge in [0, 0.05) is 33.7 Å². The highest BCUT2D eigenvalue weighted by Crippen LogP contribution is 2.28. The lowest BCUT2D eigenvalue weighted by Gasteiger charge is -2.35. The molecule has 1 saturated heterocycles. The van der Waals surface area contributed by atoms with Gasteiger partial charge in [0.05, 0.1) is 26.7 Å². The molecule has 0 unspecified atom stereocenters. The number of benzene rings is 1. The van der Waals surface area contributed by atoms with Crippen LogP contribution in [0.4, 0.5) is 0 Å². The first kappa shape index (κ1) is 18.1. The molecule has 1 aliphatic rings. The lowest BCUT2D eigenvalue weighted by Crippen LogP contribution is -2.56. The lowest BCUT2D eigenvalue weighted by molar-refractivity contribution is -0.137. The first-order valence-electron chi connectivity index (χ1n) is 7.89. The van der Waals surface area contributed by atoms with Crippen molar-refractivity contribution in [1.29, 1.82) is 0 Å². The third kappa shape index (κ3) is 4.17. The largest absolute Gasteiger partial charge is 0.493 e. The number of carbonyl (C=O) groups excluding carboxylic acids is 2. The van der Waals surface area contributed by atoms with Gasteiger partial charge in [0.15, 0.2) is 11.5 Å². The van der Waals surface area contributed by atoms with Crippen LogP contribution >= 0.6 is 0 Å². The molecule has 1 atom stereocenters. The second-order valence-electron chi connectivity index (χ2n) is 5.96. The Labute approximate surface area is 142 Å². The Balaban J connectivity index is 2.16. The minimum atomic E-state index is -0.457. The molecule has 1 N–H and O–H groups in total. The molecule has 0 radical (unpaired) electrons. The van der Waals surface area contributed by atoms with E-state index in [0.717, 1.165) is 5.56 Å². The molecule has 0 bridgehead atoms. The molecule has 1 aromatic rings. The number of nitrogens with zero attached hydrogens (tertiary/aromatic N) is 2. The van der Waals surface area contributed by atoms with Gasteiger partial charge in [-0.05, 0) is 17.7 Å². The Morgan fingerprint density at radius 3 is 2.62 bits per heavy atom. The fourth-order valence-corrected chi connectivity index (χ4v) is 2.73. The van der Waals surface area contributed by atoms with E-state index in [9.17, 15) is 9.59 Å². The fraction of sp³-hybridized carbons (Fsp3) is 0.529. The summed E-state index contributed by atoms with van der Waals surface area (Å²) in [6, 6.07) is 5.23. The predicted octanol–water partition coefficient (Wildman–Crippen LogP) is 0.483. The molecule has 0 aromatic heterocycles.